The molecule has 0 fully saturated rings. The number of nitrogens with zero attached hydrogens (tertiary/aromatic N) is 3. The Balaban J connectivity index is 2.42. The molecule has 1 rings (SSSR count). The third-order valence-electron chi connectivity index (χ3n) is 2.15. The highest BCUT2D eigenvalue weighted by atomic mass is 32.2. The third kappa shape index (κ3) is 4.53. The van der Waals surface area contributed by atoms with Crippen LogP contribution in [0.1, 0.15) is 6.42 Å². The van der Waals surface area contributed by atoms with E-state index in [1.165, 1.54) is 11.8 Å². The lowest BCUT2D eigenvalue weighted by atomic mass is 10.5. The highest BCUT2D eigenvalue weighted by Crippen LogP contribution is 2.16. The van der Waals surface area contributed by atoms with Crippen molar-refractivity contribution in [2.45, 2.75) is 11.6 Å². The Morgan fingerprint density at radius 1 is 1.39 bits per heavy atom. The van der Waals surface area contributed by atoms with Crippen LogP contribution in [0.5, 0.6) is 0 Å². The summed E-state index contributed by atoms with van der Waals surface area (Å²) in [7, 11) is -1.57. The zero-order valence-electron chi connectivity index (χ0n) is 9.87. The number of primary amides is 1. The smallest absolute Gasteiger partial charge is 0.222 e. The number of nitrogen functional groups attached to an aromatic ring is 1. The van der Waals surface area contributed by atoms with E-state index in [4.69, 9.17) is 11.5 Å². The van der Waals surface area contributed by atoms with Gasteiger partial charge >= 0.3 is 0 Å². The number of amides is 1. The van der Waals surface area contributed by atoms with E-state index in [-0.39, 0.29) is 23.9 Å². The van der Waals surface area contributed by atoms with Crippen molar-refractivity contribution in [2.75, 3.05) is 23.0 Å². The maximum atomic E-state index is 11.5. The van der Waals surface area contributed by atoms with Crippen LogP contribution < -0.4 is 11.5 Å². The molecule has 0 bridgehead atoms. The number of sulfone groups is 1. The first-order valence-corrected chi connectivity index (χ1v) is 7.89. The molecule has 8 nitrogen and oxygen atoms in total. The van der Waals surface area contributed by atoms with Crippen LogP contribution >= 0.6 is 11.8 Å². The van der Waals surface area contributed by atoms with Gasteiger partial charge in [0.2, 0.25) is 11.9 Å². The number of thioether (sulfide) groups is 1. The predicted molar refractivity (Wildman–Crippen MR) is 68.6 cm³/mol. The molecule has 4 N–H and O–H groups in total. The lowest BCUT2D eigenvalue weighted by Crippen LogP contribution is -2.19. The maximum absolute atomic E-state index is 11.5. The van der Waals surface area contributed by atoms with Gasteiger partial charge in [-0.25, -0.2) is 8.42 Å². The number of rotatable bonds is 7. The summed E-state index contributed by atoms with van der Waals surface area (Å²) >= 11 is 1.24. The van der Waals surface area contributed by atoms with E-state index in [1.54, 1.807) is 11.6 Å². The molecular formula is C8H15N5O3S2. The summed E-state index contributed by atoms with van der Waals surface area (Å²) < 4.78 is 24.6. The zero-order chi connectivity index (χ0) is 13.8. The number of aromatic nitrogens is 3. The fraction of sp³-hybridized carbons (Fsp3) is 0.625. The highest BCUT2D eigenvalue weighted by Gasteiger charge is 2.14. The molecule has 0 saturated carbocycles. The quantitative estimate of drug-likeness (QED) is 0.602. The van der Waals surface area contributed by atoms with Gasteiger partial charge in [-0.1, -0.05) is 11.8 Å². The molecule has 0 spiro atoms. The minimum absolute atomic E-state index is 0.0439. The molecule has 0 unspecified atom stereocenters. The average Bonchev–Trinajstić information content (AvgIpc) is 2.58. The van der Waals surface area contributed by atoms with Crippen LogP contribution in [0.2, 0.25) is 0 Å². The maximum Gasteiger partial charge on any atom is 0.222 e. The number of hydrogen-bond donors (Lipinski definition) is 2. The SMILES string of the molecule is Cn1c(N)nnc1SCCS(=O)(=O)CCC(N)=O. The highest BCUT2D eigenvalue weighted by molar-refractivity contribution is 8.00. The Morgan fingerprint density at radius 2 is 2.06 bits per heavy atom. The molecule has 1 aromatic rings. The van der Waals surface area contributed by atoms with Crippen molar-refractivity contribution in [1.82, 2.24) is 14.8 Å². The molecule has 0 aliphatic heterocycles. The molecule has 18 heavy (non-hydrogen) atoms. The number of carbonyl (C=O) groups excluding carboxylic acids is 1. The van der Waals surface area contributed by atoms with Crippen molar-refractivity contribution in [3.8, 4) is 0 Å². The first-order valence-electron chi connectivity index (χ1n) is 5.08. The summed E-state index contributed by atoms with van der Waals surface area (Å²) in [6, 6.07) is 0. The molecule has 102 valence electrons. The van der Waals surface area contributed by atoms with E-state index in [9.17, 15) is 13.2 Å². The van der Waals surface area contributed by atoms with Crippen LogP contribution in [0, 0.1) is 0 Å². The monoisotopic (exact) mass is 293 g/mol. The first-order chi connectivity index (χ1) is 8.32. The second kappa shape index (κ2) is 6.05. The number of hydrogen-bond acceptors (Lipinski definition) is 7. The van der Waals surface area contributed by atoms with Crippen molar-refractivity contribution < 1.29 is 13.2 Å². The Morgan fingerprint density at radius 3 is 2.56 bits per heavy atom. The molecule has 0 radical (unpaired) electrons. The summed E-state index contributed by atoms with van der Waals surface area (Å²) in [5.41, 5.74) is 10.4. The van der Waals surface area contributed by atoms with Crippen molar-refractivity contribution >= 4 is 33.5 Å². The molecule has 0 aliphatic rings. The minimum Gasteiger partial charge on any atom is -0.370 e. The summed E-state index contributed by atoms with van der Waals surface area (Å²) in [5.74, 6) is -0.282. The molecule has 1 heterocycles. The number of nitrogens with two attached hydrogens (primary N) is 2. The predicted octanol–water partition coefficient (Wildman–Crippen LogP) is -1.22. The van der Waals surface area contributed by atoms with Gasteiger partial charge in [-0.3, -0.25) is 9.36 Å². The van der Waals surface area contributed by atoms with Gasteiger partial charge in [0.25, 0.3) is 0 Å². The van der Waals surface area contributed by atoms with Gasteiger partial charge in [0.1, 0.15) is 0 Å². The molecule has 10 heteroatoms. The van der Waals surface area contributed by atoms with Crippen LogP contribution in [0.15, 0.2) is 5.16 Å². The van der Waals surface area contributed by atoms with Crippen LogP contribution in [-0.2, 0) is 21.7 Å². The van der Waals surface area contributed by atoms with Gasteiger partial charge in [-0.05, 0) is 0 Å². The van der Waals surface area contributed by atoms with Crippen molar-refractivity contribution in [3.05, 3.63) is 0 Å². The van der Waals surface area contributed by atoms with Crippen molar-refractivity contribution in [1.29, 1.82) is 0 Å². The van der Waals surface area contributed by atoms with Crippen molar-refractivity contribution in [2.24, 2.45) is 12.8 Å². The second-order valence-electron chi connectivity index (χ2n) is 3.62. The van der Waals surface area contributed by atoms with Gasteiger partial charge in [-0.15, -0.1) is 10.2 Å². The van der Waals surface area contributed by atoms with Crippen LogP contribution in [0.4, 0.5) is 5.95 Å². The minimum atomic E-state index is -3.26. The Labute approximate surface area is 109 Å². The topological polar surface area (TPSA) is 134 Å². The molecule has 0 aromatic carbocycles. The van der Waals surface area contributed by atoms with Crippen LogP contribution in [0.3, 0.4) is 0 Å². The molecule has 1 aromatic heterocycles. The number of anilines is 1. The standard InChI is InChI=1S/C8H15N5O3S2/c1-13-7(10)11-12-8(13)17-3-5-18(15,16)4-2-6(9)14/h2-5H2,1H3,(H2,9,14)(H2,10,11). The Hall–Kier alpha value is -1.29. The molecule has 0 atom stereocenters. The number of carbonyl (C=O) groups is 1. The van der Waals surface area contributed by atoms with Gasteiger partial charge < -0.3 is 11.5 Å². The fourth-order valence-electron chi connectivity index (χ4n) is 1.07. The van der Waals surface area contributed by atoms with Gasteiger partial charge in [0, 0.05) is 19.2 Å². The summed E-state index contributed by atoms with van der Waals surface area (Å²) in [4.78, 5) is 10.5. The summed E-state index contributed by atoms with van der Waals surface area (Å²) in [6.07, 6.45) is -0.149. The van der Waals surface area contributed by atoms with E-state index in [2.05, 4.69) is 10.2 Å². The van der Waals surface area contributed by atoms with Crippen LogP contribution in [-0.4, -0.2) is 46.3 Å². The average molecular weight is 293 g/mol. The van der Waals surface area contributed by atoms with Gasteiger partial charge in [-0.2, -0.15) is 0 Å². The van der Waals surface area contributed by atoms with E-state index in [0.717, 1.165) is 0 Å². The molecule has 1 amide bonds. The Bertz CT molecular complexity index is 525. The summed E-state index contributed by atoms with van der Waals surface area (Å²) in [5, 5.41) is 7.99. The van der Waals surface area contributed by atoms with E-state index >= 15 is 0 Å². The summed E-state index contributed by atoms with van der Waals surface area (Å²) in [6.45, 7) is 0. The third-order valence-corrected chi connectivity index (χ3v) is 5.09. The largest absolute Gasteiger partial charge is 0.370 e. The Kier molecular flexibility index (Phi) is 4.96. The van der Waals surface area contributed by atoms with Gasteiger partial charge in [0.15, 0.2) is 15.0 Å². The lowest BCUT2D eigenvalue weighted by Gasteiger charge is -2.03. The van der Waals surface area contributed by atoms with Crippen molar-refractivity contribution in [3.63, 3.8) is 0 Å². The lowest BCUT2D eigenvalue weighted by molar-refractivity contribution is -0.117. The fourth-order valence-corrected chi connectivity index (χ4v) is 3.70. The zero-order valence-corrected chi connectivity index (χ0v) is 11.5. The first kappa shape index (κ1) is 14.8. The second-order valence-corrected chi connectivity index (χ2v) is 6.98. The van der Waals surface area contributed by atoms with E-state index in [0.29, 0.717) is 10.9 Å². The van der Waals surface area contributed by atoms with Gasteiger partial charge in [0.05, 0.1) is 11.5 Å². The normalized spacial score (nSPS) is 11.6. The molecule has 0 saturated heterocycles. The van der Waals surface area contributed by atoms with Crippen LogP contribution in [0.25, 0.3) is 0 Å². The van der Waals surface area contributed by atoms with E-state index in [1.807, 2.05) is 0 Å². The van der Waals surface area contributed by atoms with E-state index < -0.39 is 15.7 Å². The molecular weight excluding hydrogens is 278 g/mol. The molecule has 0 aliphatic carbocycles.